The minimum atomic E-state index is -5.78. The number of amides is 4. The van der Waals surface area contributed by atoms with E-state index in [1.807, 2.05) is 0 Å². The Bertz CT molecular complexity index is 1590. The number of likely N-dealkylation sites (tertiary alicyclic amines) is 1. The fraction of sp³-hybridized carbons (Fsp3) is 0.586. The quantitative estimate of drug-likeness (QED) is 0.328. The van der Waals surface area contributed by atoms with Crippen LogP contribution in [0.15, 0.2) is 24.3 Å². The SMILES string of the molecule is O=C(N[C@H]1CC[C@H](O)C[C@H]2CC[C@@H](C(=O)N3CC(C(=O)N4CCOCC4)C3)N2C1=O)c1cc2cc(C(F)(F)P(=O)(O)O)ccc2s1. The number of carbonyl (C=O) groups is 4. The Morgan fingerprint density at radius 3 is 2.41 bits per heavy atom. The van der Waals surface area contributed by atoms with Gasteiger partial charge in [0.15, 0.2) is 0 Å². The average Bonchev–Trinajstić information content (AvgIpc) is 3.61. The number of alkyl halides is 2. The average molecular weight is 685 g/mol. The predicted octanol–water partition coefficient (Wildman–Crippen LogP) is 1.45. The number of hydrogen-bond acceptors (Lipinski definition) is 8. The minimum absolute atomic E-state index is 0.0159. The van der Waals surface area contributed by atoms with Gasteiger partial charge in [-0.2, -0.15) is 8.78 Å². The van der Waals surface area contributed by atoms with Crippen LogP contribution < -0.4 is 5.32 Å². The number of rotatable bonds is 6. The fourth-order valence-electron chi connectivity index (χ4n) is 6.73. The molecule has 4 amide bonds. The number of benzene rings is 1. The number of aliphatic hydroxyl groups excluding tert-OH is 1. The number of morpholine rings is 1. The molecule has 2 aromatic rings. The molecule has 250 valence electrons. The molecule has 46 heavy (non-hydrogen) atoms. The first-order valence-corrected chi connectivity index (χ1v) is 17.6. The lowest BCUT2D eigenvalue weighted by molar-refractivity contribution is -0.157. The number of nitrogens with zero attached hydrogens (tertiary/aromatic N) is 3. The molecule has 4 atom stereocenters. The molecule has 5 heterocycles. The maximum absolute atomic E-state index is 14.3. The van der Waals surface area contributed by atoms with Crippen LogP contribution in [0.1, 0.15) is 47.3 Å². The van der Waals surface area contributed by atoms with Crippen molar-refractivity contribution in [1.82, 2.24) is 20.0 Å². The van der Waals surface area contributed by atoms with E-state index in [0.29, 0.717) is 50.3 Å². The molecular formula is C29H35F2N4O9PS. The van der Waals surface area contributed by atoms with Crippen LogP contribution in [-0.2, 0) is 29.3 Å². The number of hydrogen-bond donors (Lipinski definition) is 4. The zero-order chi connectivity index (χ0) is 33.0. The van der Waals surface area contributed by atoms with Crippen molar-refractivity contribution in [3.8, 4) is 0 Å². The maximum Gasteiger partial charge on any atom is 0.399 e. The third-order valence-electron chi connectivity index (χ3n) is 9.30. The molecule has 4 N–H and O–H groups in total. The van der Waals surface area contributed by atoms with Gasteiger partial charge in [-0.15, -0.1) is 11.3 Å². The highest BCUT2D eigenvalue weighted by Gasteiger charge is 2.51. The van der Waals surface area contributed by atoms with E-state index < -0.39 is 54.9 Å². The summed E-state index contributed by atoms with van der Waals surface area (Å²) < 4.78 is 45.6. The van der Waals surface area contributed by atoms with Crippen molar-refractivity contribution < 1.29 is 52.2 Å². The zero-order valence-electron chi connectivity index (χ0n) is 24.7. The highest BCUT2D eigenvalue weighted by atomic mass is 32.1. The second-order valence-corrected chi connectivity index (χ2v) is 15.0. The van der Waals surface area contributed by atoms with Crippen molar-refractivity contribution in [1.29, 1.82) is 0 Å². The molecular weight excluding hydrogens is 649 g/mol. The van der Waals surface area contributed by atoms with Crippen LogP contribution in [0.5, 0.6) is 0 Å². The van der Waals surface area contributed by atoms with Gasteiger partial charge in [-0.25, -0.2) is 0 Å². The van der Waals surface area contributed by atoms with E-state index in [9.17, 15) is 37.6 Å². The summed E-state index contributed by atoms with van der Waals surface area (Å²) in [5, 5.41) is 13.5. The van der Waals surface area contributed by atoms with Gasteiger partial charge in [0.05, 0.1) is 30.1 Å². The summed E-state index contributed by atoms with van der Waals surface area (Å²) in [7, 11) is -5.78. The summed E-state index contributed by atoms with van der Waals surface area (Å²) in [5.74, 6) is -1.71. The number of halogens is 2. The Kier molecular flexibility index (Phi) is 8.98. The predicted molar refractivity (Wildman–Crippen MR) is 160 cm³/mol. The Morgan fingerprint density at radius 2 is 1.72 bits per heavy atom. The van der Waals surface area contributed by atoms with E-state index in [-0.39, 0.29) is 53.9 Å². The van der Waals surface area contributed by atoms with E-state index in [4.69, 9.17) is 14.5 Å². The van der Waals surface area contributed by atoms with E-state index in [0.717, 1.165) is 23.5 Å². The van der Waals surface area contributed by atoms with E-state index in [2.05, 4.69) is 5.32 Å². The lowest BCUT2D eigenvalue weighted by Crippen LogP contribution is -2.62. The molecule has 4 aliphatic rings. The third-order valence-corrected chi connectivity index (χ3v) is 11.4. The molecule has 4 saturated heterocycles. The van der Waals surface area contributed by atoms with E-state index >= 15 is 0 Å². The first-order valence-electron chi connectivity index (χ1n) is 15.2. The van der Waals surface area contributed by atoms with Gasteiger partial charge >= 0.3 is 13.3 Å². The second kappa shape index (κ2) is 12.5. The van der Waals surface area contributed by atoms with Gasteiger partial charge < -0.3 is 39.6 Å². The first-order chi connectivity index (χ1) is 21.7. The molecule has 0 spiro atoms. The Labute approximate surface area is 266 Å². The van der Waals surface area contributed by atoms with Crippen LogP contribution in [-0.4, -0.2) is 117 Å². The molecule has 0 unspecified atom stereocenters. The molecule has 1 aromatic heterocycles. The maximum atomic E-state index is 14.3. The van der Waals surface area contributed by atoms with Gasteiger partial charge in [0.2, 0.25) is 17.7 Å². The summed E-state index contributed by atoms with van der Waals surface area (Å²) in [4.78, 5) is 76.7. The van der Waals surface area contributed by atoms with Gasteiger partial charge in [0, 0.05) is 42.5 Å². The van der Waals surface area contributed by atoms with Crippen LogP contribution in [0, 0.1) is 5.92 Å². The number of fused-ring (bicyclic) bond motifs is 2. The van der Waals surface area contributed by atoms with Crippen molar-refractivity contribution in [3.05, 3.63) is 34.7 Å². The lowest BCUT2D eigenvalue weighted by atomic mass is 9.95. The van der Waals surface area contributed by atoms with Gasteiger partial charge in [-0.05, 0) is 55.7 Å². The summed E-state index contributed by atoms with van der Waals surface area (Å²) in [6.07, 6.45) is 0.781. The van der Waals surface area contributed by atoms with Crippen molar-refractivity contribution in [2.24, 2.45) is 5.92 Å². The monoisotopic (exact) mass is 684 g/mol. The van der Waals surface area contributed by atoms with Crippen molar-refractivity contribution >= 4 is 52.6 Å². The van der Waals surface area contributed by atoms with Crippen LogP contribution in [0.2, 0.25) is 0 Å². The molecule has 4 fully saturated rings. The summed E-state index contributed by atoms with van der Waals surface area (Å²) in [5.41, 5.74) is -5.30. The van der Waals surface area contributed by atoms with E-state index in [1.54, 1.807) is 9.80 Å². The van der Waals surface area contributed by atoms with Crippen molar-refractivity contribution in [3.63, 3.8) is 0 Å². The van der Waals surface area contributed by atoms with Crippen LogP contribution in [0.4, 0.5) is 8.78 Å². The van der Waals surface area contributed by atoms with Crippen LogP contribution in [0.25, 0.3) is 10.1 Å². The molecule has 0 aliphatic carbocycles. The molecule has 0 saturated carbocycles. The molecule has 4 aliphatic heterocycles. The number of aliphatic hydroxyl groups is 1. The molecule has 17 heteroatoms. The standard InChI is InChI=1S/C29H35F2N4O9PS/c30-29(31,45(41,42)43)18-1-6-23-16(11-18)12-24(46-23)25(37)32-21-4-3-20(36)13-19-2-5-22(35(19)27(21)39)28(40)34-14-17(15-34)26(38)33-7-9-44-10-8-33/h1,6,11-12,17,19-22,36H,2-5,7-10,13-15H2,(H,32,37)(H2,41,42,43)/t19-,20+,21+,22+/m1/s1. The highest BCUT2D eigenvalue weighted by molar-refractivity contribution is 7.52. The van der Waals surface area contributed by atoms with Crippen molar-refractivity contribution in [2.75, 3.05) is 39.4 Å². The van der Waals surface area contributed by atoms with Crippen LogP contribution in [0.3, 0.4) is 0 Å². The molecule has 0 bridgehead atoms. The first kappa shape index (κ1) is 32.9. The normalized spacial score (nSPS) is 26.4. The summed E-state index contributed by atoms with van der Waals surface area (Å²) in [6.45, 7) is 2.50. The van der Waals surface area contributed by atoms with Gasteiger partial charge in [-0.1, -0.05) is 6.07 Å². The van der Waals surface area contributed by atoms with Gasteiger partial charge in [-0.3, -0.25) is 23.7 Å². The second-order valence-electron chi connectivity index (χ2n) is 12.3. The molecule has 6 rings (SSSR count). The zero-order valence-corrected chi connectivity index (χ0v) is 26.4. The number of thiophene rings is 1. The topological polar surface area (TPSA) is 177 Å². The van der Waals surface area contributed by atoms with Crippen LogP contribution >= 0.6 is 18.9 Å². The molecule has 13 nitrogen and oxygen atoms in total. The fourth-order valence-corrected chi connectivity index (χ4v) is 8.15. The van der Waals surface area contributed by atoms with Crippen molar-refractivity contribution in [2.45, 2.75) is 62.0 Å². The minimum Gasteiger partial charge on any atom is -0.393 e. The summed E-state index contributed by atoms with van der Waals surface area (Å²) in [6, 6.07) is 2.10. The Morgan fingerprint density at radius 1 is 1.00 bits per heavy atom. The molecule has 1 aromatic carbocycles. The van der Waals surface area contributed by atoms with Gasteiger partial charge in [0.1, 0.15) is 12.1 Å². The Hall–Kier alpha value is -3.01. The Balaban J connectivity index is 1.15. The highest BCUT2D eigenvalue weighted by Crippen LogP contribution is 2.59. The number of ether oxygens (including phenoxy) is 1. The third kappa shape index (κ3) is 6.18. The number of nitrogens with one attached hydrogen (secondary N) is 1. The largest absolute Gasteiger partial charge is 0.399 e. The molecule has 0 radical (unpaired) electrons. The number of carbonyl (C=O) groups excluding carboxylic acids is 4. The van der Waals surface area contributed by atoms with Gasteiger partial charge in [0.25, 0.3) is 5.91 Å². The lowest BCUT2D eigenvalue weighted by Gasteiger charge is -2.44. The van der Waals surface area contributed by atoms with E-state index in [1.165, 1.54) is 17.0 Å². The smallest absolute Gasteiger partial charge is 0.393 e. The summed E-state index contributed by atoms with van der Waals surface area (Å²) >= 11 is 0.960.